The molecule has 0 aliphatic heterocycles. The highest BCUT2D eigenvalue weighted by Gasteiger charge is 2.15. The Bertz CT molecular complexity index is 832. The smallest absolute Gasteiger partial charge is 0.278 e. The molecule has 0 atom stereocenters. The van der Waals surface area contributed by atoms with Gasteiger partial charge in [-0.25, -0.2) is 9.97 Å². The monoisotopic (exact) mass is 318 g/mol. The summed E-state index contributed by atoms with van der Waals surface area (Å²) < 4.78 is 0. The molecule has 2 aromatic carbocycles. The fraction of sp³-hybridized carbons (Fsp3) is 0.105. The van der Waals surface area contributed by atoms with Crippen molar-refractivity contribution in [3.05, 3.63) is 78.2 Å². The molecule has 1 heterocycles. The SMILES string of the molecule is Cc1cccc(Nc2cnc(C(=O)N(C)c3ccccc3)cn2)c1. The first kappa shape index (κ1) is 15.7. The number of nitrogens with zero attached hydrogens (tertiary/aromatic N) is 3. The summed E-state index contributed by atoms with van der Waals surface area (Å²) in [4.78, 5) is 22.5. The molecular formula is C19H18N4O. The standard InChI is InChI=1S/C19H18N4O/c1-14-7-6-8-15(11-14)22-18-13-20-17(12-21-18)19(24)23(2)16-9-4-3-5-10-16/h3-13H,1-2H3,(H,21,22). The summed E-state index contributed by atoms with van der Waals surface area (Å²) in [6, 6.07) is 17.4. The molecular weight excluding hydrogens is 300 g/mol. The van der Waals surface area contributed by atoms with Crippen LogP contribution in [0.15, 0.2) is 67.0 Å². The van der Waals surface area contributed by atoms with Gasteiger partial charge in [-0.3, -0.25) is 4.79 Å². The molecule has 0 aliphatic carbocycles. The van der Waals surface area contributed by atoms with Crippen LogP contribution in [-0.2, 0) is 0 Å². The lowest BCUT2D eigenvalue weighted by Gasteiger charge is -2.16. The highest BCUT2D eigenvalue weighted by Crippen LogP contribution is 2.16. The van der Waals surface area contributed by atoms with E-state index in [9.17, 15) is 4.79 Å². The number of hydrogen-bond donors (Lipinski definition) is 1. The maximum absolute atomic E-state index is 12.5. The molecule has 24 heavy (non-hydrogen) atoms. The number of aryl methyl sites for hydroxylation is 1. The number of amides is 1. The number of carbonyl (C=O) groups excluding carboxylic acids is 1. The average Bonchev–Trinajstić information content (AvgIpc) is 2.62. The predicted molar refractivity (Wildman–Crippen MR) is 95.7 cm³/mol. The van der Waals surface area contributed by atoms with E-state index in [-0.39, 0.29) is 5.91 Å². The van der Waals surface area contributed by atoms with Gasteiger partial charge in [0.2, 0.25) is 0 Å². The summed E-state index contributed by atoms with van der Waals surface area (Å²) >= 11 is 0. The van der Waals surface area contributed by atoms with Crippen LogP contribution in [0, 0.1) is 6.92 Å². The molecule has 0 spiro atoms. The molecule has 3 aromatic rings. The summed E-state index contributed by atoms with van der Waals surface area (Å²) in [5.41, 5.74) is 3.21. The number of rotatable bonds is 4. The number of benzene rings is 2. The maximum Gasteiger partial charge on any atom is 0.278 e. The summed E-state index contributed by atoms with van der Waals surface area (Å²) in [6.07, 6.45) is 3.05. The first-order valence-electron chi connectivity index (χ1n) is 7.62. The van der Waals surface area contributed by atoms with Crippen LogP contribution >= 0.6 is 0 Å². The Hall–Kier alpha value is -3.21. The van der Waals surface area contributed by atoms with E-state index in [1.807, 2.05) is 61.5 Å². The summed E-state index contributed by atoms with van der Waals surface area (Å²) in [6.45, 7) is 2.03. The fourth-order valence-electron chi connectivity index (χ4n) is 2.31. The van der Waals surface area contributed by atoms with Crippen LogP contribution in [0.3, 0.4) is 0 Å². The number of aromatic nitrogens is 2. The molecule has 0 bridgehead atoms. The second kappa shape index (κ2) is 6.91. The molecule has 0 unspecified atom stereocenters. The second-order valence-electron chi connectivity index (χ2n) is 5.48. The van der Waals surface area contributed by atoms with Gasteiger partial charge < -0.3 is 10.2 Å². The minimum absolute atomic E-state index is 0.198. The number of anilines is 3. The first-order chi connectivity index (χ1) is 11.6. The van der Waals surface area contributed by atoms with Crippen molar-refractivity contribution in [2.24, 2.45) is 0 Å². The number of hydrogen-bond acceptors (Lipinski definition) is 4. The third-order valence-electron chi connectivity index (χ3n) is 3.61. The van der Waals surface area contributed by atoms with E-state index in [0.29, 0.717) is 11.5 Å². The van der Waals surface area contributed by atoms with Gasteiger partial charge in [-0.05, 0) is 36.8 Å². The Morgan fingerprint density at radius 1 is 1.00 bits per heavy atom. The van der Waals surface area contributed by atoms with Gasteiger partial charge in [0.15, 0.2) is 0 Å². The minimum Gasteiger partial charge on any atom is -0.339 e. The quantitative estimate of drug-likeness (QED) is 0.795. The van der Waals surface area contributed by atoms with Gasteiger partial charge in [0.1, 0.15) is 11.5 Å². The zero-order chi connectivity index (χ0) is 16.9. The van der Waals surface area contributed by atoms with E-state index in [1.165, 1.54) is 6.20 Å². The van der Waals surface area contributed by atoms with Gasteiger partial charge in [0, 0.05) is 18.4 Å². The third kappa shape index (κ3) is 3.57. The predicted octanol–water partition coefficient (Wildman–Crippen LogP) is 3.81. The largest absolute Gasteiger partial charge is 0.339 e. The number of nitrogens with one attached hydrogen (secondary N) is 1. The zero-order valence-electron chi connectivity index (χ0n) is 13.6. The molecule has 0 saturated carbocycles. The highest BCUT2D eigenvalue weighted by molar-refractivity contribution is 6.04. The van der Waals surface area contributed by atoms with Crippen molar-refractivity contribution >= 4 is 23.1 Å². The molecule has 0 fully saturated rings. The minimum atomic E-state index is -0.198. The summed E-state index contributed by atoms with van der Waals surface area (Å²) in [7, 11) is 1.72. The van der Waals surface area contributed by atoms with Gasteiger partial charge in [0.25, 0.3) is 5.91 Å². The van der Waals surface area contributed by atoms with E-state index in [0.717, 1.165) is 16.9 Å². The van der Waals surface area contributed by atoms with Crippen molar-refractivity contribution in [1.82, 2.24) is 9.97 Å². The Morgan fingerprint density at radius 3 is 2.46 bits per heavy atom. The molecule has 120 valence electrons. The van der Waals surface area contributed by atoms with E-state index in [4.69, 9.17) is 0 Å². The summed E-state index contributed by atoms with van der Waals surface area (Å²) in [5, 5.41) is 3.17. The van der Waals surface area contributed by atoms with Crippen molar-refractivity contribution in [2.45, 2.75) is 6.92 Å². The van der Waals surface area contributed by atoms with Crippen LogP contribution < -0.4 is 10.2 Å². The van der Waals surface area contributed by atoms with E-state index >= 15 is 0 Å². The third-order valence-corrected chi connectivity index (χ3v) is 3.61. The molecule has 0 saturated heterocycles. The highest BCUT2D eigenvalue weighted by atomic mass is 16.2. The van der Waals surface area contributed by atoms with Gasteiger partial charge in [-0.15, -0.1) is 0 Å². The molecule has 1 amide bonds. The lowest BCUT2D eigenvalue weighted by atomic mass is 10.2. The van der Waals surface area contributed by atoms with E-state index in [1.54, 1.807) is 18.1 Å². The van der Waals surface area contributed by atoms with Gasteiger partial charge in [0.05, 0.1) is 12.4 Å². The molecule has 1 aromatic heterocycles. The Kier molecular flexibility index (Phi) is 4.52. The first-order valence-corrected chi connectivity index (χ1v) is 7.62. The molecule has 0 radical (unpaired) electrons. The number of carbonyl (C=O) groups is 1. The Morgan fingerprint density at radius 2 is 1.79 bits per heavy atom. The van der Waals surface area contributed by atoms with Crippen LogP contribution in [0.1, 0.15) is 16.1 Å². The van der Waals surface area contributed by atoms with Crippen LogP contribution in [0.25, 0.3) is 0 Å². The van der Waals surface area contributed by atoms with Crippen molar-refractivity contribution in [1.29, 1.82) is 0 Å². The van der Waals surface area contributed by atoms with Gasteiger partial charge >= 0.3 is 0 Å². The van der Waals surface area contributed by atoms with Gasteiger partial charge in [-0.2, -0.15) is 0 Å². The van der Waals surface area contributed by atoms with Crippen LogP contribution in [0.2, 0.25) is 0 Å². The fourth-order valence-corrected chi connectivity index (χ4v) is 2.31. The van der Waals surface area contributed by atoms with Crippen molar-refractivity contribution in [3.63, 3.8) is 0 Å². The lowest BCUT2D eigenvalue weighted by Crippen LogP contribution is -2.27. The van der Waals surface area contributed by atoms with E-state index < -0.39 is 0 Å². The van der Waals surface area contributed by atoms with Crippen LogP contribution in [-0.4, -0.2) is 22.9 Å². The Balaban J connectivity index is 1.73. The lowest BCUT2D eigenvalue weighted by molar-refractivity contribution is 0.0988. The zero-order valence-corrected chi connectivity index (χ0v) is 13.6. The Labute approximate surface area is 141 Å². The summed E-state index contributed by atoms with van der Waals surface area (Å²) in [5.74, 6) is 0.398. The molecule has 0 aliphatic rings. The van der Waals surface area contributed by atoms with Crippen molar-refractivity contribution < 1.29 is 4.79 Å². The topological polar surface area (TPSA) is 58.1 Å². The van der Waals surface area contributed by atoms with Gasteiger partial charge in [-0.1, -0.05) is 30.3 Å². The molecule has 1 N–H and O–H groups in total. The van der Waals surface area contributed by atoms with E-state index in [2.05, 4.69) is 15.3 Å². The normalized spacial score (nSPS) is 10.2. The molecule has 5 heteroatoms. The second-order valence-corrected chi connectivity index (χ2v) is 5.48. The number of para-hydroxylation sites is 1. The molecule has 5 nitrogen and oxygen atoms in total. The van der Waals surface area contributed by atoms with Crippen LogP contribution in [0.5, 0.6) is 0 Å². The average molecular weight is 318 g/mol. The maximum atomic E-state index is 12.5. The molecule has 3 rings (SSSR count). The van der Waals surface area contributed by atoms with Crippen molar-refractivity contribution in [2.75, 3.05) is 17.3 Å². The van der Waals surface area contributed by atoms with Crippen molar-refractivity contribution in [3.8, 4) is 0 Å². The van der Waals surface area contributed by atoms with Crippen LogP contribution in [0.4, 0.5) is 17.2 Å².